The second kappa shape index (κ2) is 3.25. The van der Waals surface area contributed by atoms with E-state index >= 15 is 0 Å². The molecule has 1 N–H and O–H groups in total. The first-order chi connectivity index (χ1) is 6.22. The van der Waals surface area contributed by atoms with Crippen molar-refractivity contribution in [3.8, 4) is 0 Å². The van der Waals surface area contributed by atoms with Gasteiger partial charge in [-0.25, -0.2) is 9.50 Å². The Labute approximate surface area is 87.3 Å². The molecule has 0 aromatic carbocycles. The Morgan fingerprint density at radius 2 is 2.31 bits per heavy atom. The van der Waals surface area contributed by atoms with Crippen LogP contribution in [0.1, 0.15) is 5.69 Å². The highest BCUT2D eigenvalue weighted by atomic mass is 79.9. The third-order valence-corrected chi connectivity index (χ3v) is 2.60. The molecule has 0 radical (unpaired) electrons. The lowest BCUT2D eigenvalue weighted by Crippen LogP contribution is -1.91. The summed E-state index contributed by atoms with van der Waals surface area (Å²) in [6, 6.07) is 3.39. The maximum absolute atomic E-state index is 8.92. The summed E-state index contributed by atoms with van der Waals surface area (Å²) in [4.78, 5) is 4.12. The fourth-order valence-electron chi connectivity index (χ4n) is 1.03. The van der Waals surface area contributed by atoms with E-state index in [0.29, 0.717) is 21.1 Å². The molecule has 2 heterocycles. The van der Waals surface area contributed by atoms with Gasteiger partial charge >= 0.3 is 0 Å². The molecule has 0 aliphatic heterocycles. The highest BCUT2D eigenvalue weighted by Crippen LogP contribution is 2.18. The third-order valence-electron chi connectivity index (χ3n) is 1.61. The zero-order valence-electron chi connectivity index (χ0n) is 6.41. The Bertz CT molecular complexity index is 456. The van der Waals surface area contributed by atoms with Crippen LogP contribution in [-0.4, -0.2) is 19.7 Å². The van der Waals surface area contributed by atoms with Crippen LogP contribution in [0.2, 0.25) is 5.15 Å². The molecule has 0 aliphatic rings. The fourth-order valence-corrected chi connectivity index (χ4v) is 1.64. The Kier molecular flexibility index (Phi) is 2.23. The number of rotatable bonds is 1. The van der Waals surface area contributed by atoms with Crippen molar-refractivity contribution in [1.29, 1.82) is 0 Å². The number of imidazole rings is 1. The number of nitrogens with zero attached hydrogens (tertiary/aromatic N) is 3. The normalized spacial score (nSPS) is 11.0. The van der Waals surface area contributed by atoms with Crippen LogP contribution in [0, 0.1) is 0 Å². The molecule has 13 heavy (non-hydrogen) atoms. The predicted octanol–water partition coefficient (Wildman–Crippen LogP) is 1.64. The van der Waals surface area contributed by atoms with E-state index in [4.69, 9.17) is 16.7 Å². The molecule has 0 saturated carbocycles. The molecule has 6 heteroatoms. The van der Waals surface area contributed by atoms with Gasteiger partial charge in [-0.1, -0.05) is 11.6 Å². The van der Waals surface area contributed by atoms with E-state index in [0.717, 1.165) is 0 Å². The minimum absolute atomic E-state index is 0.123. The molecule has 68 valence electrons. The first kappa shape index (κ1) is 8.93. The Hall–Kier alpha value is -0.650. The van der Waals surface area contributed by atoms with Crippen LogP contribution in [0.15, 0.2) is 16.7 Å². The average Bonchev–Trinajstić information content (AvgIpc) is 2.44. The van der Waals surface area contributed by atoms with Gasteiger partial charge in [-0.15, -0.1) is 0 Å². The largest absolute Gasteiger partial charge is 0.390 e. The van der Waals surface area contributed by atoms with Crippen LogP contribution in [0.3, 0.4) is 0 Å². The van der Waals surface area contributed by atoms with Gasteiger partial charge in [0.05, 0.1) is 6.61 Å². The minimum Gasteiger partial charge on any atom is -0.390 e. The van der Waals surface area contributed by atoms with Crippen molar-refractivity contribution in [2.24, 2.45) is 0 Å². The van der Waals surface area contributed by atoms with E-state index in [-0.39, 0.29) is 6.61 Å². The van der Waals surface area contributed by atoms with Gasteiger partial charge in [0.25, 0.3) is 0 Å². The second-order valence-electron chi connectivity index (χ2n) is 2.43. The Morgan fingerprint density at radius 3 is 3.00 bits per heavy atom. The third kappa shape index (κ3) is 1.43. The summed E-state index contributed by atoms with van der Waals surface area (Å²) in [5.74, 6) is 0. The van der Waals surface area contributed by atoms with Gasteiger partial charge in [0, 0.05) is 0 Å². The Balaban J connectivity index is 2.77. The van der Waals surface area contributed by atoms with Crippen LogP contribution in [-0.2, 0) is 6.61 Å². The average molecular weight is 262 g/mol. The van der Waals surface area contributed by atoms with E-state index in [1.54, 1.807) is 12.1 Å². The molecule has 0 unspecified atom stereocenters. The van der Waals surface area contributed by atoms with Crippen molar-refractivity contribution < 1.29 is 5.11 Å². The fraction of sp³-hybridized carbons (Fsp3) is 0.143. The number of hydrogen-bond donors (Lipinski definition) is 1. The second-order valence-corrected chi connectivity index (χ2v) is 3.57. The maximum Gasteiger partial charge on any atom is 0.155 e. The van der Waals surface area contributed by atoms with Crippen molar-refractivity contribution in [3.63, 3.8) is 0 Å². The number of hydrogen-bond acceptors (Lipinski definition) is 3. The van der Waals surface area contributed by atoms with Crippen LogP contribution in [0.5, 0.6) is 0 Å². The summed E-state index contributed by atoms with van der Waals surface area (Å²) < 4.78 is 2.17. The van der Waals surface area contributed by atoms with E-state index in [1.807, 2.05) is 0 Å². The molecular weight excluding hydrogens is 257 g/mol. The highest BCUT2D eigenvalue weighted by Gasteiger charge is 2.09. The molecule has 0 saturated heterocycles. The van der Waals surface area contributed by atoms with Gasteiger partial charge in [-0.05, 0) is 28.1 Å². The smallest absolute Gasteiger partial charge is 0.155 e. The van der Waals surface area contributed by atoms with Gasteiger partial charge in [0.2, 0.25) is 0 Å². The monoisotopic (exact) mass is 261 g/mol. The van der Waals surface area contributed by atoms with Crippen molar-refractivity contribution >= 4 is 33.2 Å². The van der Waals surface area contributed by atoms with E-state index in [1.165, 1.54) is 4.52 Å². The van der Waals surface area contributed by atoms with Gasteiger partial charge in [-0.2, -0.15) is 5.10 Å². The molecule has 0 fully saturated rings. The molecule has 0 aliphatic carbocycles. The van der Waals surface area contributed by atoms with Crippen LogP contribution >= 0.6 is 27.5 Å². The zero-order valence-corrected chi connectivity index (χ0v) is 8.75. The summed E-state index contributed by atoms with van der Waals surface area (Å²) in [7, 11) is 0. The molecule has 0 atom stereocenters. The number of halogens is 2. The van der Waals surface area contributed by atoms with Gasteiger partial charge in [0.1, 0.15) is 15.5 Å². The highest BCUT2D eigenvalue weighted by molar-refractivity contribution is 9.10. The standard InChI is InChI=1S/C7H5BrClN3O/c8-7-4(3-13)10-6-2-1-5(9)11-12(6)7/h1-2,13H,3H2. The molecule has 2 aromatic rings. The lowest BCUT2D eigenvalue weighted by Gasteiger charge is -1.93. The van der Waals surface area contributed by atoms with E-state index in [2.05, 4.69) is 26.0 Å². The molecule has 2 rings (SSSR count). The van der Waals surface area contributed by atoms with Gasteiger partial charge in [0.15, 0.2) is 5.65 Å². The SMILES string of the molecule is OCc1nc2ccc(Cl)nn2c1Br. The van der Waals surface area contributed by atoms with Crippen molar-refractivity contribution in [1.82, 2.24) is 14.6 Å². The summed E-state index contributed by atoms with van der Waals surface area (Å²) in [6.45, 7) is -0.123. The maximum atomic E-state index is 8.92. The zero-order chi connectivity index (χ0) is 9.42. The summed E-state index contributed by atoms with van der Waals surface area (Å²) in [5, 5.41) is 13.3. The topological polar surface area (TPSA) is 50.4 Å². The molecule has 0 amide bonds. The number of fused-ring (bicyclic) bond motifs is 1. The van der Waals surface area contributed by atoms with E-state index in [9.17, 15) is 0 Å². The van der Waals surface area contributed by atoms with Crippen LogP contribution < -0.4 is 0 Å². The summed E-state index contributed by atoms with van der Waals surface area (Å²) in [5.41, 5.74) is 1.20. The van der Waals surface area contributed by atoms with Crippen molar-refractivity contribution in [3.05, 3.63) is 27.6 Å². The lowest BCUT2D eigenvalue weighted by molar-refractivity contribution is 0.276. The van der Waals surface area contributed by atoms with Crippen molar-refractivity contribution in [2.75, 3.05) is 0 Å². The quantitative estimate of drug-likeness (QED) is 0.850. The Morgan fingerprint density at radius 1 is 1.54 bits per heavy atom. The van der Waals surface area contributed by atoms with Crippen molar-refractivity contribution in [2.45, 2.75) is 6.61 Å². The molecule has 0 spiro atoms. The first-order valence-corrected chi connectivity index (χ1v) is 4.70. The van der Waals surface area contributed by atoms with Gasteiger partial charge in [-0.3, -0.25) is 0 Å². The minimum atomic E-state index is -0.123. The lowest BCUT2D eigenvalue weighted by atomic mass is 10.5. The van der Waals surface area contributed by atoms with Gasteiger partial charge < -0.3 is 5.11 Å². The van der Waals surface area contributed by atoms with Crippen LogP contribution in [0.4, 0.5) is 0 Å². The molecular formula is C7H5BrClN3O. The summed E-state index contributed by atoms with van der Waals surface area (Å²) in [6.07, 6.45) is 0. The summed E-state index contributed by atoms with van der Waals surface area (Å²) >= 11 is 8.97. The number of aromatic nitrogens is 3. The van der Waals surface area contributed by atoms with E-state index < -0.39 is 0 Å². The molecule has 0 bridgehead atoms. The number of aliphatic hydroxyl groups is 1. The predicted molar refractivity (Wildman–Crippen MR) is 51.6 cm³/mol. The molecule has 2 aromatic heterocycles. The molecule has 4 nitrogen and oxygen atoms in total. The van der Waals surface area contributed by atoms with Crippen LogP contribution in [0.25, 0.3) is 5.65 Å². The number of aliphatic hydroxyl groups excluding tert-OH is 1. The first-order valence-electron chi connectivity index (χ1n) is 3.53.